The first-order valence-electron chi connectivity index (χ1n) is 5.50. The van der Waals surface area contributed by atoms with Gasteiger partial charge in [-0.3, -0.25) is 0 Å². The van der Waals surface area contributed by atoms with Crippen molar-refractivity contribution in [1.29, 1.82) is 0 Å². The summed E-state index contributed by atoms with van der Waals surface area (Å²) in [5.41, 5.74) is 2.96. The van der Waals surface area contributed by atoms with Gasteiger partial charge in [-0.1, -0.05) is 26.3 Å². The summed E-state index contributed by atoms with van der Waals surface area (Å²) >= 11 is 1.92. The minimum Gasteiger partial charge on any atom is -0.141 e. The quantitative estimate of drug-likeness (QED) is 0.686. The summed E-state index contributed by atoms with van der Waals surface area (Å²) in [4.78, 5) is 2.92. The number of allylic oxidation sites excluding steroid dienone is 1. The van der Waals surface area contributed by atoms with E-state index in [1.165, 1.54) is 41.0 Å². The number of hydrogen-bond donors (Lipinski definition) is 0. The fraction of sp³-hybridized carbons (Fsp3) is 0.538. The molecule has 14 heavy (non-hydrogen) atoms. The third kappa shape index (κ3) is 1.66. The predicted octanol–water partition coefficient (Wildman–Crippen LogP) is 4.43. The molecule has 0 amide bonds. The van der Waals surface area contributed by atoms with E-state index in [2.05, 4.69) is 26.5 Å². The summed E-state index contributed by atoms with van der Waals surface area (Å²) in [6.45, 7) is 8.71. The molecular weight excluding hydrogens is 188 g/mol. The maximum atomic E-state index is 4.25. The fourth-order valence-corrected chi connectivity index (χ4v) is 3.39. The minimum atomic E-state index is 0.747. The van der Waals surface area contributed by atoms with Gasteiger partial charge in [0, 0.05) is 9.75 Å². The summed E-state index contributed by atoms with van der Waals surface area (Å²) in [6.07, 6.45) is 5.22. The van der Waals surface area contributed by atoms with Gasteiger partial charge < -0.3 is 0 Å². The van der Waals surface area contributed by atoms with Crippen molar-refractivity contribution in [1.82, 2.24) is 0 Å². The molecule has 0 radical (unpaired) electrons. The van der Waals surface area contributed by atoms with Crippen molar-refractivity contribution in [2.75, 3.05) is 0 Å². The number of unbranched alkanes of at least 4 members (excludes halogenated alkanes) is 1. The van der Waals surface area contributed by atoms with E-state index in [4.69, 9.17) is 0 Å². The Morgan fingerprint density at radius 1 is 1.57 bits per heavy atom. The van der Waals surface area contributed by atoms with Gasteiger partial charge in [-0.05, 0) is 42.9 Å². The van der Waals surface area contributed by atoms with Crippen LogP contribution in [0.4, 0.5) is 0 Å². The van der Waals surface area contributed by atoms with Gasteiger partial charge in [-0.25, -0.2) is 0 Å². The third-order valence-corrected chi connectivity index (χ3v) is 4.26. The molecule has 0 saturated heterocycles. The van der Waals surface area contributed by atoms with Crippen LogP contribution in [0.5, 0.6) is 0 Å². The van der Waals surface area contributed by atoms with Gasteiger partial charge in [0.2, 0.25) is 0 Å². The molecule has 1 heterocycles. The van der Waals surface area contributed by atoms with E-state index in [1.807, 2.05) is 11.3 Å². The largest absolute Gasteiger partial charge is 0.141 e. The second kappa shape index (κ2) is 3.90. The molecule has 0 nitrogen and oxygen atoms in total. The standard InChI is InChI=1S/C13H18S/c1-4-5-6-11-8-12-7-9(2)14-13(12)10(11)3/h7,11H,3-6,8H2,1-2H3. The van der Waals surface area contributed by atoms with E-state index in [0.29, 0.717) is 0 Å². The Hall–Kier alpha value is -0.560. The van der Waals surface area contributed by atoms with Crippen LogP contribution in [-0.2, 0) is 6.42 Å². The molecule has 0 aromatic carbocycles. The predicted molar refractivity (Wildman–Crippen MR) is 64.8 cm³/mol. The Balaban J connectivity index is 2.11. The van der Waals surface area contributed by atoms with Gasteiger partial charge in [-0.15, -0.1) is 11.3 Å². The molecule has 1 atom stereocenters. The van der Waals surface area contributed by atoms with Crippen LogP contribution in [0.15, 0.2) is 12.6 Å². The van der Waals surface area contributed by atoms with Crippen molar-refractivity contribution < 1.29 is 0 Å². The normalized spacial score (nSPS) is 20.1. The van der Waals surface area contributed by atoms with Crippen LogP contribution in [0.2, 0.25) is 0 Å². The Bertz CT molecular complexity index is 346. The Morgan fingerprint density at radius 3 is 3.00 bits per heavy atom. The van der Waals surface area contributed by atoms with Crippen LogP contribution in [0.3, 0.4) is 0 Å². The average Bonchev–Trinajstić information content (AvgIpc) is 2.63. The molecule has 0 N–H and O–H groups in total. The highest BCUT2D eigenvalue weighted by atomic mass is 32.1. The molecule has 0 aliphatic heterocycles. The molecule has 1 heteroatoms. The molecule has 0 spiro atoms. The molecule has 0 bridgehead atoms. The topological polar surface area (TPSA) is 0 Å². The first-order chi connectivity index (χ1) is 6.72. The van der Waals surface area contributed by atoms with Crippen LogP contribution >= 0.6 is 11.3 Å². The number of thiophene rings is 1. The van der Waals surface area contributed by atoms with Crippen LogP contribution in [0.25, 0.3) is 5.57 Å². The molecule has 1 aromatic rings. The molecule has 2 rings (SSSR count). The van der Waals surface area contributed by atoms with Crippen molar-refractivity contribution in [3.63, 3.8) is 0 Å². The molecule has 1 unspecified atom stereocenters. The molecule has 1 aliphatic carbocycles. The van der Waals surface area contributed by atoms with Crippen molar-refractivity contribution in [2.24, 2.45) is 5.92 Å². The Morgan fingerprint density at radius 2 is 2.36 bits per heavy atom. The van der Waals surface area contributed by atoms with Crippen LogP contribution < -0.4 is 0 Å². The van der Waals surface area contributed by atoms with Crippen LogP contribution in [0, 0.1) is 12.8 Å². The number of fused-ring (bicyclic) bond motifs is 1. The monoisotopic (exact) mass is 206 g/mol. The molecule has 1 aromatic heterocycles. The van der Waals surface area contributed by atoms with Crippen LogP contribution in [0.1, 0.15) is 41.5 Å². The van der Waals surface area contributed by atoms with E-state index in [1.54, 1.807) is 5.56 Å². The van der Waals surface area contributed by atoms with Crippen molar-refractivity contribution in [2.45, 2.75) is 39.5 Å². The van der Waals surface area contributed by atoms with E-state index in [9.17, 15) is 0 Å². The molecule has 76 valence electrons. The Kier molecular flexibility index (Phi) is 2.78. The highest BCUT2D eigenvalue weighted by Crippen LogP contribution is 2.43. The highest BCUT2D eigenvalue weighted by molar-refractivity contribution is 7.13. The number of rotatable bonds is 3. The summed E-state index contributed by atoms with van der Waals surface area (Å²) in [5, 5.41) is 0. The molecule has 1 aliphatic rings. The first kappa shape index (κ1) is 9.97. The second-order valence-corrected chi connectivity index (χ2v) is 5.54. The fourth-order valence-electron chi connectivity index (χ4n) is 2.29. The lowest BCUT2D eigenvalue weighted by Gasteiger charge is -2.09. The van der Waals surface area contributed by atoms with Crippen LogP contribution in [-0.4, -0.2) is 0 Å². The molecule has 0 fully saturated rings. The summed E-state index contributed by atoms with van der Waals surface area (Å²) in [5.74, 6) is 0.747. The van der Waals surface area contributed by atoms with Gasteiger partial charge >= 0.3 is 0 Å². The maximum absolute atomic E-state index is 4.25. The van der Waals surface area contributed by atoms with Gasteiger partial charge in [0.05, 0.1) is 0 Å². The zero-order chi connectivity index (χ0) is 10.1. The third-order valence-electron chi connectivity index (χ3n) is 3.09. The minimum absolute atomic E-state index is 0.747. The van der Waals surface area contributed by atoms with Crippen molar-refractivity contribution in [3.8, 4) is 0 Å². The second-order valence-electron chi connectivity index (χ2n) is 4.28. The maximum Gasteiger partial charge on any atom is 0.0334 e. The first-order valence-corrected chi connectivity index (χ1v) is 6.32. The number of aryl methyl sites for hydroxylation is 1. The lowest BCUT2D eigenvalue weighted by Crippen LogP contribution is -1.97. The zero-order valence-corrected chi connectivity index (χ0v) is 9.91. The number of hydrogen-bond acceptors (Lipinski definition) is 1. The van der Waals surface area contributed by atoms with E-state index >= 15 is 0 Å². The highest BCUT2D eigenvalue weighted by Gasteiger charge is 2.26. The summed E-state index contributed by atoms with van der Waals surface area (Å²) in [7, 11) is 0. The lowest BCUT2D eigenvalue weighted by atomic mass is 9.96. The van der Waals surface area contributed by atoms with Gasteiger partial charge in [0.15, 0.2) is 0 Å². The van der Waals surface area contributed by atoms with E-state index < -0.39 is 0 Å². The smallest absolute Gasteiger partial charge is 0.0334 e. The van der Waals surface area contributed by atoms with Crippen molar-refractivity contribution >= 4 is 16.9 Å². The van der Waals surface area contributed by atoms with Gasteiger partial charge in [0.1, 0.15) is 0 Å². The van der Waals surface area contributed by atoms with E-state index in [-0.39, 0.29) is 0 Å². The molecule has 0 saturated carbocycles. The Labute approximate surface area is 90.7 Å². The zero-order valence-electron chi connectivity index (χ0n) is 9.10. The van der Waals surface area contributed by atoms with Crippen molar-refractivity contribution in [3.05, 3.63) is 28.0 Å². The van der Waals surface area contributed by atoms with Gasteiger partial charge in [-0.2, -0.15) is 0 Å². The van der Waals surface area contributed by atoms with E-state index in [0.717, 1.165) is 5.92 Å². The SMILES string of the molecule is C=C1c2sc(C)cc2CC1CCCC. The molecular formula is C13H18S. The summed E-state index contributed by atoms with van der Waals surface area (Å²) < 4.78 is 0. The van der Waals surface area contributed by atoms with Gasteiger partial charge in [0.25, 0.3) is 0 Å². The average molecular weight is 206 g/mol. The lowest BCUT2D eigenvalue weighted by molar-refractivity contribution is 0.582. The summed E-state index contributed by atoms with van der Waals surface area (Å²) in [6, 6.07) is 2.34.